The minimum absolute atomic E-state index is 0.469. The highest BCUT2D eigenvalue weighted by Gasteiger charge is 2.42. The van der Waals surface area contributed by atoms with Crippen LogP contribution in [0, 0.1) is 0 Å². The highest BCUT2D eigenvalue weighted by Crippen LogP contribution is 2.31. The Hall–Kier alpha value is -2.46. The average Bonchev–Trinajstić information content (AvgIpc) is 2.73. The standard InChI is InChI=1S/C28H36O2Si/c1-9-23-17-13-15-19-25(23)21-27(5,6)29-31(11-3,12-4)30-28(7,8)22-26-20-16-14-18-24(26)10-2/h9-20H,1-4,21-22H2,5-8H3. The molecule has 2 aromatic rings. The van der Waals surface area contributed by atoms with Gasteiger partial charge in [0.1, 0.15) is 0 Å². The predicted octanol–water partition coefficient (Wildman–Crippen LogP) is 7.24. The topological polar surface area (TPSA) is 18.5 Å². The van der Waals surface area contributed by atoms with E-state index in [1.807, 2.05) is 47.8 Å². The van der Waals surface area contributed by atoms with Crippen molar-refractivity contribution in [3.63, 3.8) is 0 Å². The summed E-state index contributed by atoms with van der Waals surface area (Å²) in [5.41, 5.74) is 7.32. The second-order valence-electron chi connectivity index (χ2n) is 9.01. The first-order chi connectivity index (χ1) is 14.6. The van der Waals surface area contributed by atoms with Gasteiger partial charge in [0.15, 0.2) is 0 Å². The Labute approximate surface area is 189 Å². The van der Waals surface area contributed by atoms with Crippen LogP contribution in [0.2, 0.25) is 0 Å². The normalized spacial score (nSPS) is 12.3. The summed E-state index contributed by atoms with van der Waals surface area (Å²) < 4.78 is 13.4. The molecule has 0 spiro atoms. The van der Waals surface area contributed by atoms with Crippen LogP contribution in [0.25, 0.3) is 12.2 Å². The molecule has 0 N–H and O–H groups in total. The summed E-state index contributed by atoms with van der Waals surface area (Å²) in [7, 11) is -2.90. The van der Waals surface area contributed by atoms with E-state index in [-0.39, 0.29) is 0 Å². The third-order valence-corrected chi connectivity index (χ3v) is 8.10. The molecule has 0 bridgehead atoms. The van der Waals surface area contributed by atoms with Crippen LogP contribution in [0.15, 0.2) is 86.2 Å². The van der Waals surface area contributed by atoms with Crippen molar-refractivity contribution in [2.45, 2.75) is 51.7 Å². The minimum atomic E-state index is -2.90. The summed E-state index contributed by atoms with van der Waals surface area (Å²) in [6.45, 7) is 24.3. The maximum Gasteiger partial charge on any atom is 0.391 e. The van der Waals surface area contributed by atoms with Crippen molar-refractivity contribution in [2.24, 2.45) is 0 Å². The van der Waals surface area contributed by atoms with Gasteiger partial charge in [-0.15, -0.1) is 13.2 Å². The molecular formula is C28H36O2Si. The summed E-state index contributed by atoms with van der Waals surface area (Å²) in [6.07, 6.45) is 5.23. The van der Waals surface area contributed by atoms with E-state index in [1.165, 1.54) is 11.1 Å². The van der Waals surface area contributed by atoms with Crippen molar-refractivity contribution in [2.75, 3.05) is 0 Å². The molecular weight excluding hydrogens is 396 g/mol. The van der Waals surface area contributed by atoms with Crippen LogP contribution in [0.5, 0.6) is 0 Å². The largest absolute Gasteiger partial charge is 0.391 e. The fourth-order valence-corrected chi connectivity index (χ4v) is 6.33. The lowest BCUT2D eigenvalue weighted by Gasteiger charge is -2.40. The second-order valence-corrected chi connectivity index (χ2v) is 11.7. The molecule has 0 amide bonds. The van der Waals surface area contributed by atoms with Crippen LogP contribution in [0.4, 0.5) is 0 Å². The van der Waals surface area contributed by atoms with E-state index in [1.54, 1.807) is 0 Å². The van der Waals surface area contributed by atoms with E-state index in [9.17, 15) is 0 Å². The molecule has 31 heavy (non-hydrogen) atoms. The molecule has 2 nitrogen and oxygen atoms in total. The molecule has 0 aromatic heterocycles. The molecule has 0 aliphatic rings. The molecule has 0 aliphatic carbocycles. The van der Waals surface area contributed by atoms with Gasteiger partial charge in [0.2, 0.25) is 0 Å². The Bertz CT molecular complexity index is 862. The molecule has 0 heterocycles. The van der Waals surface area contributed by atoms with Crippen LogP contribution < -0.4 is 0 Å². The van der Waals surface area contributed by atoms with Gasteiger partial charge < -0.3 is 8.85 Å². The molecule has 3 heteroatoms. The van der Waals surface area contributed by atoms with Crippen molar-refractivity contribution in [1.82, 2.24) is 0 Å². The van der Waals surface area contributed by atoms with Gasteiger partial charge in [0.05, 0.1) is 11.2 Å². The van der Waals surface area contributed by atoms with Crippen molar-refractivity contribution in [3.05, 3.63) is 108 Å². The van der Waals surface area contributed by atoms with Crippen molar-refractivity contribution >= 4 is 20.7 Å². The summed E-state index contributed by atoms with van der Waals surface area (Å²) in [4.78, 5) is 0. The molecule has 0 saturated carbocycles. The van der Waals surface area contributed by atoms with Crippen LogP contribution in [0.3, 0.4) is 0 Å². The predicted molar refractivity (Wildman–Crippen MR) is 137 cm³/mol. The van der Waals surface area contributed by atoms with Gasteiger partial charge in [-0.1, -0.05) is 73.8 Å². The molecule has 2 aromatic carbocycles. The number of hydrogen-bond donors (Lipinski definition) is 0. The third kappa shape index (κ3) is 6.76. The quantitative estimate of drug-likeness (QED) is 0.329. The Morgan fingerprint density at radius 1 is 0.677 bits per heavy atom. The first-order valence-electron chi connectivity index (χ1n) is 10.7. The molecule has 0 fully saturated rings. The average molecular weight is 433 g/mol. The van der Waals surface area contributed by atoms with Gasteiger partial charge in [-0.25, -0.2) is 0 Å². The molecule has 0 saturated heterocycles. The summed E-state index contributed by atoms with van der Waals surface area (Å²) in [6, 6.07) is 16.5. The summed E-state index contributed by atoms with van der Waals surface area (Å²) >= 11 is 0. The van der Waals surface area contributed by atoms with Crippen molar-refractivity contribution in [3.8, 4) is 0 Å². The van der Waals surface area contributed by atoms with Crippen molar-refractivity contribution < 1.29 is 8.85 Å². The number of hydrogen-bond acceptors (Lipinski definition) is 2. The van der Waals surface area contributed by atoms with Gasteiger partial charge in [-0.2, -0.15) is 0 Å². The Kier molecular flexibility index (Phi) is 8.19. The van der Waals surface area contributed by atoms with E-state index in [0.717, 1.165) is 24.0 Å². The molecule has 0 unspecified atom stereocenters. The van der Waals surface area contributed by atoms with Crippen LogP contribution in [0.1, 0.15) is 49.9 Å². The SMILES string of the molecule is C=Cc1ccccc1CC(C)(C)O[Si](C=C)(C=C)OC(C)(C)Cc1ccccc1C=C. The van der Waals surface area contributed by atoms with E-state index in [0.29, 0.717) is 0 Å². The van der Waals surface area contributed by atoms with E-state index >= 15 is 0 Å². The zero-order valence-corrected chi connectivity index (χ0v) is 20.5. The first-order valence-corrected chi connectivity index (χ1v) is 12.6. The lowest BCUT2D eigenvalue weighted by molar-refractivity contribution is 0.0114. The van der Waals surface area contributed by atoms with Gasteiger partial charge in [-0.3, -0.25) is 0 Å². The fraction of sp³-hybridized carbons (Fsp3) is 0.286. The van der Waals surface area contributed by atoms with E-state index in [2.05, 4.69) is 78.3 Å². The van der Waals surface area contributed by atoms with Crippen LogP contribution >= 0.6 is 0 Å². The summed E-state index contributed by atoms with van der Waals surface area (Å²) in [5.74, 6) is 0. The van der Waals surface area contributed by atoms with Gasteiger partial charge in [0, 0.05) is 12.8 Å². The smallest absolute Gasteiger partial charge is 0.383 e. The molecule has 2 rings (SSSR count). The van der Waals surface area contributed by atoms with Crippen LogP contribution in [-0.2, 0) is 21.7 Å². The Morgan fingerprint density at radius 3 is 1.35 bits per heavy atom. The van der Waals surface area contributed by atoms with E-state index in [4.69, 9.17) is 8.85 Å². The number of benzene rings is 2. The highest BCUT2D eigenvalue weighted by atomic mass is 28.4. The lowest BCUT2D eigenvalue weighted by Crippen LogP contribution is -2.52. The van der Waals surface area contributed by atoms with Gasteiger partial charge in [0.25, 0.3) is 0 Å². The maximum absolute atomic E-state index is 6.68. The maximum atomic E-state index is 6.68. The molecule has 0 radical (unpaired) electrons. The molecule has 0 aliphatic heterocycles. The molecule has 164 valence electrons. The molecule has 0 atom stereocenters. The Balaban J connectivity index is 2.25. The first kappa shape index (κ1) is 24.8. The minimum Gasteiger partial charge on any atom is -0.383 e. The van der Waals surface area contributed by atoms with E-state index < -0.39 is 19.8 Å². The highest BCUT2D eigenvalue weighted by molar-refractivity contribution is 6.77. The zero-order valence-electron chi connectivity index (χ0n) is 19.5. The zero-order chi connectivity index (χ0) is 23.1. The van der Waals surface area contributed by atoms with Gasteiger partial charge >= 0.3 is 8.56 Å². The fourth-order valence-electron chi connectivity index (χ4n) is 3.91. The van der Waals surface area contributed by atoms with Crippen molar-refractivity contribution in [1.29, 1.82) is 0 Å². The monoisotopic (exact) mass is 432 g/mol. The van der Waals surface area contributed by atoms with Crippen LogP contribution in [-0.4, -0.2) is 19.8 Å². The Morgan fingerprint density at radius 2 is 1.03 bits per heavy atom. The second kappa shape index (κ2) is 10.2. The number of rotatable bonds is 12. The third-order valence-electron chi connectivity index (χ3n) is 5.22. The lowest BCUT2D eigenvalue weighted by atomic mass is 9.95. The van der Waals surface area contributed by atoms with Gasteiger partial charge in [-0.05, 0) is 61.3 Å². The summed E-state index contributed by atoms with van der Waals surface area (Å²) in [5, 5.41) is 0.